The molecule has 0 saturated carbocycles. The quantitative estimate of drug-likeness (QED) is 0.349. The van der Waals surface area contributed by atoms with Gasteiger partial charge in [-0.05, 0) is 24.8 Å². The van der Waals surface area contributed by atoms with Crippen LogP contribution in [0.2, 0.25) is 0 Å². The van der Waals surface area contributed by atoms with Crippen molar-refractivity contribution in [3.8, 4) is 0 Å². The highest BCUT2D eigenvalue weighted by Crippen LogP contribution is 2.09. The number of rotatable bonds is 6. The van der Waals surface area contributed by atoms with E-state index in [2.05, 4.69) is 26.7 Å². The van der Waals surface area contributed by atoms with Crippen LogP contribution in [-0.4, -0.2) is 92.6 Å². The van der Waals surface area contributed by atoms with E-state index in [1.807, 2.05) is 6.07 Å². The van der Waals surface area contributed by atoms with E-state index in [0.29, 0.717) is 38.7 Å². The molecule has 1 aliphatic rings. The van der Waals surface area contributed by atoms with Crippen molar-refractivity contribution in [1.29, 1.82) is 0 Å². The first kappa shape index (κ1) is 24.5. The van der Waals surface area contributed by atoms with Crippen molar-refractivity contribution in [2.45, 2.75) is 13.3 Å². The Bertz CT molecular complexity index is 631. The summed E-state index contributed by atoms with van der Waals surface area (Å²) < 4.78 is 5.06. The van der Waals surface area contributed by atoms with Crippen LogP contribution < -0.4 is 5.32 Å². The van der Waals surface area contributed by atoms with Crippen molar-refractivity contribution in [2.75, 3.05) is 60.0 Å². The molecule has 2 amide bonds. The van der Waals surface area contributed by atoms with E-state index in [0.717, 1.165) is 13.0 Å². The number of carbonyl (C=O) groups is 2. The molecule has 0 atom stereocenters. The van der Waals surface area contributed by atoms with E-state index in [4.69, 9.17) is 4.74 Å². The average Bonchev–Trinajstić information content (AvgIpc) is 3.18. The minimum absolute atomic E-state index is 0. The molecule has 0 radical (unpaired) electrons. The molecule has 0 aromatic carbocycles. The SMILES string of the molecule is CCOC(=O)N1CCN(C(=NCC(=O)N(C)C)NCCc2cccs2)CC1.I. The summed E-state index contributed by atoms with van der Waals surface area (Å²) in [5.41, 5.74) is 0. The monoisotopic (exact) mass is 523 g/mol. The maximum absolute atomic E-state index is 11.9. The third-order valence-electron chi connectivity index (χ3n) is 4.20. The summed E-state index contributed by atoms with van der Waals surface area (Å²) in [6.07, 6.45) is 0.630. The third-order valence-corrected chi connectivity index (χ3v) is 5.14. The van der Waals surface area contributed by atoms with Crippen LogP contribution in [0.4, 0.5) is 4.79 Å². The number of piperazine rings is 1. The van der Waals surface area contributed by atoms with Gasteiger partial charge < -0.3 is 24.8 Å². The van der Waals surface area contributed by atoms with E-state index >= 15 is 0 Å². The molecule has 10 heteroatoms. The van der Waals surface area contributed by atoms with Crippen molar-refractivity contribution in [2.24, 2.45) is 4.99 Å². The first-order valence-electron chi connectivity index (χ1n) is 9.18. The van der Waals surface area contributed by atoms with Crippen molar-refractivity contribution >= 4 is 53.3 Å². The van der Waals surface area contributed by atoms with E-state index < -0.39 is 0 Å². The molecular formula is C18H30IN5O3S. The summed E-state index contributed by atoms with van der Waals surface area (Å²) >= 11 is 1.73. The van der Waals surface area contributed by atoms with E-state index in [1.54, 1.807) is 37.3 Å². The molecule has 0 bridgehead atoms. The second-order valence-electron chi connectivity index (χ2n) is 6.36. The van der Waals surface area contributed by atoms with Crippen LogP contribution in [0.5, 0.6) is 0 Å². The number of nitrogens with zero attached hydrogens (tertiary/aromatic N) is 4. The Morgan fingerprint density at radius 2 is 1.93 bits per heavy atom. The minimum Gasteiger partial charge on any atom is -0.450 e. The second-order valence-corrected chi connectivity index (χ2v) is 7.39. The van der Waals surface area contributed by atoms with Gasteiger partial charge in [-0.1, -0.05) is 6.07 Å². The fourth-order valence-corrected chi connectivity index (χ4v) is 3.33. The molecule has 0 aliphatic carbocycles. The topological polar surface area (TPSA) is 77.5 Å². The standard InChI is InChI=1S/C18H29N5O3S.HI/c1-4-26-18(25)23-11-9-22(10-12-23)17(20-14-16(24)21(2)3)19-8-7-15-6-5-13-27-15;/h5-6,13H,4,7-12,14H2,1-3H3,(H,19,20);1H. The molecule has 1 fully saturated rings. The zero-order chi connectivity index (χ0) is 19.6. The van der Waals surface area contributed by atoms with Crippen LogP contribution in [0, 0.1) is 0 Å². The maximum Gasteiger partial charge on any atom is 0.409 e. The number of ether oxygens (including phenoxy) is 1. The Balaban J connectivity index is 0.00000392. The zero-order valence-electron chi connectivity index (χ0n) is 16.7. The van der Waals surface area contributed by atoms with Gasteiger partial charge in [0.25, 0.3) is 0 Å². The van der Waals surface area contributed by atoms with Crippen molar-refractivity contribution in [1.82, 2.24) is 20.0 Å². The van der Waals surface area contributed by atoms with Gasteiger partial charge in [-0.25, -0.2) is 9.79 Å². The zero-order valence-corrected chi connectivity index (χ0v) is 19.9. The molecule has 2 rings (SSSR count). The van der Waals surface area contributed by atoms with Gasteiger partial charge in [0.2, 0.25) is 5.91 Å². The number of carbonyl (C=O) groups excluding carboxylic acids is 2. The fourth-order valence-electron chi connectivity index (χ4n) is 2.62. The first-order valence-corrected chi connectivity index (χ1v) is 10.1. The Kier molecular flexibility index (Phi) is 11.2. The summed E-state index contributed by atoms with van der Waals surface area (Å²) in [5.74, 6) is 0.669. The van der Waals surface area contributed by atoms with E-state index in [9.17, 15) is 9.59 Å². The molecule has 158 valence electrons. The van der Waals surface area contributed by atoms with Gasteiger partial charge in [0.1, 0.15) is 6.54 Å². The maximum atomic E-state index is 11.9. The number of aliphatic imine (C=N–C) groups is 1. The molecule has 0 unspecified atom stereocenters. The molecule has 1 aromatic heterocycles. The Morgan fingerprint density at radius 1 is 1.25 bits per heavy atom. The molecule has 0 spiro atoms. The van der Waals surface area contributed by atoms with E-state index in [1.165, 1.54) is 9.78 Å². The Hall–Kier alpha value is -1.56. The Labute approximate surface area is 187 Å². The summed E-state index contributed by atoms with van der Waals surface area (Å²) in [4.78, 5) is 34.9. The number of hydrogen-bond acceptors (Lipinski definition) is 5. The van der Waals surface area contributed by atoms with Gasteiger partial charge in [-0.3, -0.25) is 4.79 Å². The number of nitrogens with one attached hydrogen (secondary N) is 1. The predicted molar refractivity (Wildman–Crippen MR) is 123 cm³/mol. The summed E-state index contributed by atoms with van der Waals surface area (Å²) in [6.45, 7) is 5.48. The normalized spacial score (nSPS) is 14.3. The number of guanidine groups is 1. The smallest absolute Gasteiger partial charge is 0.409 e. The van der Waals surface area contributed by atoms with Gasteiger partial charge in [-0.2, -0.15) is 0 Å². The lowest BCUT2D eigenvalue weighted by Gasteiger charge is -2.36. The molecule has 8 nitrogen and oxygen atoms in total. The summed E-state index contributed by atoms with van der Waals surface area (Å²) in [6, 6.07) is 4.15. The van der Waals surface area contributed by atoms with Gasteiger partial charge in [0, 0.05) is 51.7 Å². The minimum atomic E-state index is -0.274. The second kappa shape index (κ2) is 12.8. The van der Waals surface area contributed by atoms with Crippen LogP contribution in [-0.2, 0) is 16.0 Å². The lowest BCUT2D eigenvalue weighted by Crippen LogP contribution is -2.54. The average molecular weight is 523 g/mol. The van der Waals surface area contributed by atoms with Crippen LogP contribution in [0.15, 0.2) is 22.5 Å². The number of thiophene rings is 1. The van der Waals surface area contributed by atoms with Gasteiger partial charge in [-0.15, -0.1) is 35.3 Å². The highest BCUT2D eigenvalue weighted by molar-refractivity contribution is 14.0. The van der Waals surface area contributed by atoms with Crippen LogP contribution >= 0.6 is 35.3 Å². The Morgan fingerprint density at radius 3 is 2.50 bits per heavy atom. The lowest BCUT2D eigenvalue weighted by atomic mass is 10.3. The number of halogens is 1. The largest absolute Gasteiger partial charge is 0.450 e. The van der Waals surface area contributed by atoms with Gasteiger partial charge in [0.05, 0.1) is 6.61 Å². The molecular weight excluding hydrogens is 493 g/mol. The molecule has 28 heavy (non-hydrogen) atoms. The molecule has 1 saturated heterocycles. The van der Waals surface area contributed by atoms with Crippen LogP contribution in [0.25, 0.3) is 0 Å². The summed E-state index contributed by atoms with van der Waals surface area (Å²) in [5, 5.41) is 5.43. The molecule has 1 N–H and O–H groups in total. The highest BCUT2D eigenvalue weighted by Gasteiger charge is 2.24. The molecule has 1 aliphatic heterocycles. The van der Waals surface area contributed by atoms with Gasteiger partial charge in [0.15, 0.2) is 5.96 Å². The lowest BCUT2D eigenvalue weighted by molar-refractivity contribution is -0.127. The highest BCUT2D eigenvalue weighted by atomic mass is 127. The van der Waals surface area contributed by atoms with Gasteiger partial charge >= 0.3 is 6.09 Å². The fraction of sp³-hybridized carbons (Fsp3) is 0.611. The van der Waals surface area contributed by atoms with Crippen molar-refractivity contribution in [3.05, 3.63) is 22.4 Å². The van der Waals surface area contributed by atoms with Crippen LogP contribution in [0.1, 0.15) is 11.8 Å². The van der Waals surface area contributed by atoms with Crippen molar-refractivity contribution < 1.29 is 14.3 Å². The number of likely N-dealkylation sites (N-methyl/N-ethyl adjacent to an activating group) is 1. The van der Waals surface area contributed by atoms with Crippen LogP contribution in [0.3, 0.4) is 0 Å². The molecule has 1 aromatic rings. The predicted octanol–water partition coefficient (Wildman–Crippen LogP) is 1.72. The van der Waals surface area contributed by atoms with Crippen molar-refractivity contribution in [3.63, 3.8) is 0 Å². The summed E-state index contributed by atoms with van der Waals surface area (Å²) in [7, 11) is 3.44. The number of amides is 2. The molecule has 2 heterocycles. The van der Waals surface area contributed by atoms with E-state index in [-0.39, 0.29) is 42.5 Å². The first-order chi connectivity index (χ1) is 13.0. The number of hydrogen-bond donors (Lipinski definition) is 1. The third kappa shape index (κ3) is 7.82.